The van der Waals surface area contributed by atoms with Crippen molar-refractivity contribution in [3.05, 3.63) is 102 Å². The van der Waals surface area contributed by atoms with E-state index in [1.54, 1.807) is 30.1 Å². The van der Waals surface area contributed by atoms with Gasteiger partial charge in [-0.05, 0) is 29.8 Å². The van der Waals surface area contributed by atoms with Gasteiger partial charge in [-0.3, -0.25) is 4.79 Å². The van der Waals surface area contributed by atoms with Crippen molar-refractivity contribution in [2.75, 3.05) is 13.6 Å². The zero-order valence-electron chi connectivity index (χ0n) is 17.8. The Hall–Kier alpha value is -3.91. The van der Waals surface area contributed by atoms with Crippen molar-refractivity contribution in [1.29, 1.82) is 0 Å². The number of amides is 1. The smallest absolute Gasteiger partial charge is 0.285 e. The van der Waals surface area contributed by atoms with E-state index >= 15 is 0 Å². The third kappa shape index (κ3) is 4.01. The largest absolute Gasteiger partial charge is 0.459 e. The standard InChI is InChI=1S/C25H21N3O4S/c1-28(25-19-12-6-8-14-22(19)33(30,31)27-25)16-23(29)26-24(17-9-3-2-4-10-17)21-15-18-11-5-7-13-20(18)32-21/h2-15,24H,16H2,1H3,(H,26,29). The molecule has 7 nitrogen and oxygen atoms in total. The first kappa shape index (κ1) is 21.0. The summed E-state index contributed by atoms with van der Waals surface area (Å²) in [5.41, 5.74) is 2.10. The molecule has 1 aliphatic rings. The number of nitrogens with one attached hydrogen (secondary N) is 1. The molecule has 5 rings (SSSR count). The SMILES string of the molecule is CN(CC(=O)NC(c1ccccc1)c1cc2ccccc2o1)C1=NS(=O)(=O)c2ccccc21. The lowest BCUT2D eigenvalue weighted by Crippen LogP contribution is -2.40. The Morgan fingerprint density at radius 3 is 2.48 bits per heavy atom. The summed E-state index contributed by atoms with van der Waals surface area (Å²) in [5, 5.41) is 3.98. The van der Waals surface area contributed by atoms with Gasteiger partial charge in [0.25, 0.3) is 10.0 Å². The molecule has 1 atom stereocenters. The van der Waals surface area contributed by atoms with E-state index in [1.807, 2.05) is 60.7 Å². The van der Waals surface area contributed by atoms with Crippen LogP contribution in [0.3, 0.4) is 0 Å². The highest BCUT2D eigenvalue weighted by atomic mass is 32.2. The number of furan rings is 1. The van der Waals surface area contributed by atoms with E-state index in [2.05, 4.69) is 9.71 Å². The summed E-state index contributed by atoms with van der Waals surface area (Å²) in [6.45, 7) is -0.0771. The quantitative estimate of drug-likeness (QED) is 0.491. The maximum absolute atomic E-state index is 13.1. The van der Waals surface area contributed by atoms with Crippen molar-refractivity contribution in [2.24, 2.45) is 4.40 Å². The first-order valence-electron chi connectivity index (χ1n) is 10.4. The molecule has 2 heterocycles. The zero-order valence-corrected chi connectivity index (χ0v) is 18.6. The molecule has 0 saturated heterocycles. The van der Waals surface area contributed by atoms with Gasteiger partial charge in [-0.2, -0.15) is 8.42 Å². The normalized spacial score (nSPS) is 15.0. The van der Waals surface area contributed by atoms with Gasteiger partial charge in [0.05, 0.1) is 6.54 Å². The van der Waals surface area contributed by atoms with Gasteiger partial charge in [0, 0.05) is 18.0 Å². The second kappa shape index (κ2) is 8.22. The van der Waals surface area contributed by atoms with E-state index in [-0.39, 0.29) is 23.2 Å². The summed E-state index contributed by atoms with van der Waals surface area (Å²) in [6, 6.07) is 25.2. The average Bonchev–Trinajstić information content (AvgIpc) is 3.37. The lowest BCUT2D eigenvalue weighted by Gasteiger charge is -2.22. The third-order valence-corrected chi connectivity index (χ3v) is 6.85. The molecule has 1 N–H and O–H groups in total. The molecule has 0 fully saturated rings. The molecule has 0 saturated carbocycles. The zero-order chi connectivity index (χ0) is 23.0. The summed E-state index contributed by atoms with van der Waals surface area (Å²) in [7, 11) is -2.11. The number of fused-ring (bicyclic) bond motifs is 2. The molecule has 1 unspecified atom stereocenters. The summed E-state index contributed by atoms with van der Waals surface area (Å²) >= 11 is 0. The number of nitrogens with zero attached hydrogens (tertiary/aromatic N) is 2. The summed E-state index contributed by atoms with van der Waals surface area (Å²) in [6.07, 6.45) is 0. The number of amidine groups is 1. The lowest BCUT2D eigenvalue weighted by molar-refractivity contribution is -0.121. The molecule has 0 spiro atoms. The third-order valence-electron chi connectivity index (χ3n) is 5.52. The minimum absolute atomic E-state index is 0.0771. The van der Waals surface area contributed by atoms with Gasteiger partial charge in [0.2, 0.25) is 5.91 Å². The average molecular weight is 460 g/mol. The van der Waals surface area contributed by atoms with Gasteiger partial charge in [0.1, 0.15) is 22.3 Å². The van der Waals surface area contributed by atoms with Crippen molar-refractivity contribution >= 4 is 32.7 Å². The number of para-hydroxylation sites is 1. The van der Waals surface area contributed by atoms with Crippen LogP contribution in [0.1, 0.15) is 22.9 Å². The maximum Gasteiger partial charge on any atom is 0.285 e. The van der Waals surface area contributed by atoms with Crippen LogP contribution >= 0.6 is 0 Å². The molecule has 1 aliphatic heterocycles. The fourth-order valence-electron chi connectivity index (χ4n) is 3.97. The first-order valence-corrected chi connectivity index (χ1v) is 11.8. The maximum atomic E-state index is 13.1. The van der Waals surface area contributed by atoms with Gasteiger partial charge in [-0.1, -0.05) is 60.7 Å². The van der Waals surface area contributed by atoms with Crippen molar-refractivity contribution in [3.8, 4) is 0 Å². The fourth-order valence-corrected chi connectivity index (χ4v) is 5.22. The van der Waals surface area contributed by atoms with E-state index in [4.69, 9.17) is 4.42 Å². The number of carbonyl (C=O) groups excluding carboxylic acids is 1. The molecule has 0 radical (unpaired) electrons. The molecule has 1 aromatic heterocycles. The van der Waals surface area contributed by atoms with Crippen LogP contribution in [0.2, 0.25) is 0 Å². The van der Waals surface area contributed by atoms with Crippen LogP contribution in [0.5, 0.6) is 0 Å². The molecule has 0 bridgehead atoms. The van der Waals surface area contributed by atoms with Crippen LogP contribution in [0.4, 0.5) is 0 Å². The van der Waals surface area contributed by atoms with Crippen molar-refractivity contribution in [2.45, 2.75) is 10.9 Å². The van der Waals surface area contributed by atoms with Crippen molar-refractivity contribution in [3.63, 3.8) is 0 Å². The van der Waals surface area contributed by atoms with E-state index in [0.717, 1.165) is 16.5 Å². The molecule has 8 heteroatoms. The molecule has 166 valence electrons. The number of likely N-dealkylation sites (N-methyl/N-ethyl adjacent to an activating group) is 1. The van der Waals surface area contributed by atoms with Crippen LogP contribution in [-0.4, -0.2) is 38.7 Å². The van der Waals surface area contributed by atoms with Gasteiger partial charge in [-0.15, -0.1) is 4.40 Å². The van der Waals surface area contributed by atoms with Crippen molar-refractivity contribution < 1.29 is 17.6 Å². The molecule has 0 aliphatic carbocycles. The van der Waals surface area contributed by atoms with E-state index < -0.39 is 16.1 Å². The highest BCUT2D eigenvalue weighted by Crippen LogP contribution is 2.29. The number of rotatable bonds is 5. The highest BCUT2D eigenvalue weighted by molar-refractivity contribution is 7.90. The van der Waals surface area contributed by atoms with Crippen LogP contribution in [0.25, 0.3) is 11.0 Å². The van der Waals surface area contributed by atoms with Crippen LogP contribution in [0, 0.1) is 0 Å². The Labute approximate surface area is 191 Å². The molecule has 4 aromatic rings. The van der Waals surface area contributed by atoms with E-state index in [1.165, 1.54) is 6.07 Å². The summed E-state index contributed by atoms with van der Waals surface area (Å²) in [4.78, 5) is 14.7. The fraction of sp³-hybridized carbons (Fsp3) is 0.120. The van der Waals surface area contributed by atoms with Gasteiger partial charge in [0.15, 0.2) is 5.84 Å². The van der Waals surface area contributed by atoms with Gasteiger partial charge >= 0.3 is 0 Å². The van der Waals surface area contributed by atoms with Gasteiger partial charge in [-0.25, -0.2) is 0 Å². The molecular formula is C25H21N3O4S. The first-order chi connectivity index (χ1) is 15.9. The van der Waals surface area contributed by atoms with E-state index in [9.17, 15) is 13.2 Å². The van der Waals surface area contributed by atoms with E-state index in [0.29, 0.717) is 11.3 Å². The Bertz CT molecular complexity index is 1440. The molecular weight excluding hydrogens is 438 g/mol. The Morgan fingerprint density at radius 2 is 1.70 bits per heavy atom. The van der Waals surface area contributed by atoms with Crippen LogP contribution in [0.15, 0.2) is 98.6 Å². The number of benzene rings is 3. The van der Waals surface area contributed by atoms with Crippen molar-refractivity contribution in [1.82, 2.24) is 10.2 Å². The minimum atomic E-state index is -3.76. The van der Waals surface area contributed by atoms with Crippen LogP contribution < -0.4 is 5.32 Å². The molecule has 3 aromatic carbocycles. The highest BCUT2D eigenvalue weighted by Gasteiger charge is 2.31. The monoisotopic (exact) mass is 459 g/mol. The number of hydrogen-bond acceptors (Lipinski definition) is 5. The van der Waals surface area contributed by atoms with Gasteiger partial charge < -0.3 is 14.6 Å². The minimum Gasteiger partial charge on any atom is -0.459 e. The summed E-state index contributed by atoms with van der Waals surface area (Å²) in [5.74, 6) is 0.571. The summed E-state index contributed by atoms with van der Waals surface area (Å²) < 4.78 is 34.6. The second-order valence-electron chi connectivity index (χ2n) is 7.84. The lowest BCUT2D eigenvalue weighted by atomic mass is 10.0. The Kier molecular flexibility index (Phi) is 5.22. The Balaban J connectivity index is 1.40. The second-order valence-corrected chi connectivity index (χ2v) is 9.41. The number of hydrogen-bond donors (Lipinski definition) is 1. The molecule has 1 amide bonds. The topological polar surface area (TPSA) is 92.0 Å². The predicted molar refractivity (Wildman–Crippen MR) is 125 cm³/mol. The predicted octanol–water partition coefficient (Wildman–Crippen LogP) is 3.72. The Morgan fingerprint density at radius 1 is 1.00 bits per heavy atom. The number of sulfonamides is 1. The molecule has 33 heavy (non-hydrogen) atoms. The van der Waals surface area contributed by atoms with Crippen LogP contribution in [-0.2, 0) is 14.8 Å². The number of carbonyl (C=O) groups is 1.